The van der Waals surface area contributed by atoms with Crippen LogP contribution in [0.1, 0.15) is 31.4 Å². The van der Waals surface area contributed by atoms with Crippen LogP contribution in [0.5, 0.6) is 0 Å². The van der Waals surface area contributed by atoms with E-state index in [-0.39, 0.29) is 6.04 Å². The second-order valence-corrected chi connectivity index (χ2v) is 6.05. The monoisotopic (exact) mass is 296 g/mol. The number of halogens is 1. The molecule has 1 aromatic rings. The molecule has 0 aromatic heterocycles. The molecule has 0 heterocycles. The highest BCUT2D eigenvalue weighted by atomic mass is 35.5. The van der Waals surface area contributed by atoms with E-state index in [2.05, 4.69) is 24.0 Å². The van der Waals surface area contributed by atoms with E-state index in [1.807, 2.05) is 12.1 Å². The predicted molar refractivity (Wildman–Crippen MR) is 84.0 cm³/mol. The van der Waals surface area contributed by atoms with Gasteiger partial charge in [-0.3, -0.25) is 4.90 Å². The lowest BCUT2D eigenvalue weighted by atomic mass is 10.0. The fourth-order valence-electron chi connectivity index (χ4n) is 2.84. The van der Waals surface area contributed by atoms with Crippen molar-refractivity contribution in [1.82, 2.24) is 4.90 Å². The van der Waals surface area contributed by atoms with Gasteiger partial charge >= 0.3 is 0 Å². The zero-order valence-corrected chi connectivity index (χ0v) is 13.1. The second-order valence-electron chi connectivity index (χ2n) is 5.61. The summed E-state index contributed by atoms with van der Waals surface area (Å²) in [5.74, 6) is 0.813. The Morgan fingerprint density at radius 1 is 1.35 bits per heavy atom. The molecular formula is C16H25ClN2O. The first-order chi connectivity index (χ1) is 9.67. The predicted octanol–water partition coefficient (Wildman–Crippen LogP) is 3.09. The van der Waals surface area contributed by atoms with E-state index >= 15 is 0 Å². The van der Waals surface area contributed by atoms with Gasteiger partial charge in [-0.25, -0.2) is 0 Å². The molecule has 0 saturated heterocycles. The van der Waals surface area contributed by atoms with Gasteiger partial charge in [0.25, 0.3) is 0 Å². The summed E-state index contributed by atoms with van der Waals surface area (Å²) in [6.45, 7) is 4.58. The molecule has 2 unspecified atom stereocenters. The van der Waals surface area contributed by atoms with E-state index in [0.717, 1.165) is 24.1 Å². The van der Waals surface area contributed by atoms with E-state index in [0.29, 0.717) is 12.6 Å². The highest BCUT2D eigenvalue weighted by molar-refractivity contribution is 6.30. The quantitative estimate of drug-likeness (QED) is 0.801. The molecule has 0 amide bonds. The van der Waals surface area contributed by atoms with Gasteiger partial charge in [-0.15, -0.1) is 0 Å². The minimum atomic E-state index is 0.234. The van der Waals surface area contributed by atoms with Crippen LogP contribution in [0, 0.1) is 5.92 Å². The van der Waals surface area contributed by atoms with Crippen LogP contribution >= 0.6 is 11.6 Å². The average Bonchev–Trinajstić information content (AvgIpc) is 3.29. The van der Waals surface area contributed by atoms with Crippen LogP contribution in [0.2, 0.25) is 5.02 Å². The summed E-state index contributed by atoms with van der Waals surface area (Å²) in [5, 5.41) is 0.767. The molecule has 1 aliphatic rings. The Labute approximate surface area is 127 Å². The zero-order chi connectivity index (χ0) is 14.5. The summed E-state index contributed by atoms with van der Waals surface area (Å²) in [4.78, 5) is 2.49. The summed E-state index contributed by atoms with van der Waals surface area (Å²) >= 11 is 5.98. The molecule has 1 fully saturated rings. The molecule has 0 spiro atoms. The highest BCUT2D eigenvalue weighted by Gasteiger charge is 2.35. The van der Waals surface area contributed by atoms with Crippen molar-refractivity contribution in [3.8, 4) is 0 Å². The fourth-order valence-corrected chi connectivity index (χ4v) is 2.96. The van der Waals surface area contributed by atoms with Crippen molar-refractivity contribution in [3.05, 3.63) is 34.9 Å². The first-order valence-corrected chi connectivity index (χ1v) is 7.75. The maximum absolute atomic E-state index is 6.06. The first-order valence-electron chi connectivity index (χ1n) is 7.37. The smallest absolute Gasteiger partial charge is 0.0590 e. The number of benzene rings is 1. The standard InChI is InChI=1S/C16H25ClN2O/c1-12(13-3-4-13)19(9-10-20-2)16(11-18)14-5-7-15(17)8-6-14/h5-8,12-13,16H,3-4,9-11,18H2,1-2H3. The van der Waals surface area contributed by atoms with Gasteiger partial charge in [-0.05, 0) is 43.4 Å². The molecule has 0 aliphatic heterocycles. The number of hydrogen-bond acceptors (Lipinski definition) is 3. The van der Waals surface area contributed by atoms with E-state index in [9.17, 15) is 0 Å². The van der Waals surface area contributed by atoms with Crippen molar-refractivity contribution in [2.75, 3.05) is 26.8 Å². The highest BCUT2D eigenvalue weighted by Crippen LogP contribution is 2.38. The molecule has 1 aliphatic carbocycles. The Balaban J connectivity index is 2.16. The molecule has 2 rings (SSSR count). The van der Waals surface area contributed by atoms with Gasteiger partial charge in [-0.1, -0.05) is 23.7 Å². The van der Waals surface area contributed by atoms with Crippen molar-refractivity contribution >= 4 is 11.6 Å². The van der Waals surface area contributed by atoms with Crippen LogP contribution in [0.25, 0.3) is 0 Å². The molecule has 2 N–H and O–H groups in total. The summed E-state index contributed by atoms with van der Waals surface area (Å²) in [6, 6.07) is 8.83. The summed E-state index contributed by atoms with van der Waals surface area (Å²) in [7, 11) is 1.75. The Bertz CT molecular complexity index is 405. The van der Waals surface area contributed by atoms with Crippen molar-refractivity contribution in [2.45, 2.75) is 31.8 Å². The van der Waals surface area contributed by atoms with Crippen LogP contribution in [0.4, 0.5) is 0 Å². The Hall–Kier alpha value is -0.610. The normalized spacial score (nSPS) is 18.2. The third-order valence-electron chi connectivity index (χ3n) is 4.26. The largest absolute Gasteiger partial charge is 0.383 e. The van der Waals surface area contributed by atoms with Crippen LogP contribution in [0.3, 0.4) is 0 Å². The molecule has 112 valence electrons. The van der Waals surface area contributed by atoms with Crippen molar-refractivity contribution in [2.24, 2.45) is 11.7 Å². The topological polar surface area (TPSA) is 38.5 Å². The zero-order valence-electron chi connectivity index (χ0n) is 12.4. The molecule has 0 radical (unpaired) electrons. The fraction of sp³-hybridized carbons (Fsp3) is 0.625. The van der Waals surface area contributed by atoms with Gasteiger partial charge in [-0.2, -0.15) is 0 Å². The van der Waals surface area contributed by atoms with E-state index in [1.165, 1.54) is 18.4 Å². The lowest BCUT2D eigenvalue weighted by Gasteiger charge is -2.36. The van der Waals surface area contributed by atoms with Crippen molar-refractivity contribution in [3.63, 3.8) is 0 Å². The summed E-state index contributed by atoms with van der Waals surface area (Å²) in [6.07, 6.45) is 2.67. The van der Waals surface area contributed by atoms with Gasteiger partial charge in [0.05, 0.1) is 6.61 Å². The molecule has 1 saturated carbocycles. The molecule has 0 bridgehead atoms. The number of hydrogen-bond donors (Lipinski definition) is 1. The maximum Gasteiger partial charge on any atom is 0.0590 e. The van der Waals surface area contributed by atoms with Crippen LogP contribution in [-0.2, 0) is 4.74 Å². The summed E-state index contributed by atoms with van der Waals surface area (Å²) in [5.41, 5.74) is 7.29. The first kappa shape index (κ1) is 15.8. The summed E-state index contributed by atoms with van der Waals surface area (Å²) < 4.78 is 5.27. The number of rotatable bonds is 8. The van der Waals surface area contributed by atoms with Crippen LogP contribution in [-0.4, -0.2) is 37.7 Å². The average molecular weight is 297 g/mol. The number of methoxy groups -OCH3 is 1. The third-order valence-corrected chi connectivity index (χ3v) is 4.51. The molecule has 4 heteroatoms. The molecule has 3 nitrogen and oxygen atoms in total. The lowest BCUT2D eigenvalue weighted by Crippen LogP contribution is -2.43. The van der Waals surface area contributed by atoms with Gasteiger partial charge < -0.3 is 10.5 Å². The Morgan fingerprint density at radius 2 is 2.00 bits per heavy atom. The maximum atomic E-state index is 6.06. The number of nitrogens with zero attached hydrogens (tertiary/aromatic N) is 1. The van der Waals surface area contributed by atoms with E-state index in [1.54, 1.807) is 7.11 Å². The van der Waals surface area contributed by atoms with E-state index < -0.39 is 0 Å². The van der Waals surface area contributed by atoms with Gasteiger partial charge in [0, 0.05) is 37.3 Å². The molecule has 2 atom stereocenters. The Morgan fingerprint density at radius 3 is 2.50 bits per heavy atom. The Kier molecular flexibility index (Phi) is 5.85. The molecule has 20 heavy (non-hydrogen) atoms. The lowest BCUT2D eigenvalue weighted by molar-refractivity contribution is 0.0835. The van der Waals surface area contributed by atoms with Crippen LogP contribution < -0.4 is 5.73 Å². The number of ether oxygens (including phenoxy) is 1. The SMILES string of the molecule is COCCN(C(CN)c1ccc(Cl)cc1)C(C)C1CC1. The van der Waals surface area contributed by atoms with Gasteiger partial charge in [0.1, 0.15) is 0 Å². The van der Waals surface area contributed by atoms with Crippen LogP contribution in [0.15, 0.2) is 24.3 Å². The van der Waals surface area contributed by atoms with Gasteiger partial charge in [0.15, 0.2) is 0 Å². The minimum Gasteiger partial charge on any atom is -0.383 e. The third kappa shape index (κ3) is 3.95. The second kappa shape index (κ2) is 7.41. The minimum absolute atomic E-state index is 0.234. The van der Waals surface area contributed by atoms with E-state index in [4.69, 9.17) is 22.1 Å². The molecular weight excluding hydrogens is 272 g/mol. The van der Waals surface area contributed by atoms with Gasteiger partial charge in [0.2, 0.25) is 0 Å². The van der Waals surface area contributed by atoms with Crippen molar-refractivity contribution in [1.29, 1.82) is 0 Å². The number of nitrogens with two attached hydrogens (primary N) is 1. The molecule has 1 aromatic carbocycles. The van der Waals surface area contributed by atoms with Crippen molar-refractivity contribution < 1.29 is 4.74 Å².